The van der Waals surface area contributed by atoms with Crippen LogP contribution >= 0.6 is 11.6 Å². The summed E-state index contributed by atoms with van der Waals surface area (Å²) in [7, 11) is -3.74. The fourth-order valence-electron chi connectivity index (χ4n) is 3.51. The van der Waals surface area contributed by atoms with Crippen molar-refractivity contribution in [2.75, 3.05) is 19.7 Å². The van der Waals surface area contributed by atoms with Crippen LogP contribution in [0, 0.1) is 5.92 Å². The number of rotatable bonds is 13. The van der Waals surface area contributed by atoms with Gasteiger partial charge in [0.1, 0.15) is 0 Å². The first kappa shape index (κ1) is 27.9. The summed E-state index contributed by atoms with van der Waals surface area (Å²) in [5.41, 5.74) is 0.932. The van der Waals surface area contributed by atoms with Crippen LogP contribution in [-0.4, -0.2) is 66.3 Å². The van der Waals surface area contributed by atoms with Gasteiger partial charge in [0.05, 0.1) is 0 Å². The van der Waals surface area contributed by atoms with Gasteiger partial charge in [-0.25, -0.2) is 0 Å². The molecule has 0 saturated heterocycles. The number of amides is 1. The standard InChI is InChI=1S/C24H34AsClN2O4S/c1-18(2)16-28(33(31,32)22-12-10-20(25)11-13-22)21(17-29)7-5-15-27-24(30)14-9-19-6-3-4-8-23(19)26/h3-4,6,8,10-13,18,21,29H,5,7,9,14-17,25H2,1-2H3,(H,27,30). The third-order valence-electron chi connectivity index (χ3n) is 5.27. The van der Waals surface area contributed by atoms with E-state index in [1.54, 1.807) is 30.3 Å². The summed E-state index contributed by atoms with van der Waals surface area (Å²) in [4.78, 5) is 12.4. The van der Waals surface area contributed by atoms with Crippen LogP contribution < -0.4 is 9.67 Å². The molecule has 0 spiro atoms. The second-order valence-electron chi connectivity index (χ2n) is 8.46. The first-order valence-electron chi connectivity index (χ1n) is 11.1. The number of nitrogens with zero attached hydrogens (tertiary/aromatic N) is 1. The van der Waals surface area contributed by atoms with Crippen molar-refractivity contribution in [3.05, 3.63) is 59.1 Å². The third-order valence-corrected chi connectivity index (χ3v) is 8.37. The van der Waals surface area contributed by atoms with Crippen LogP contribution in [0.4, 0.5) is 0 Å². The molecule has 2 unspecified atom stereocenters. The zero-order chi connectivity index (χ0) is 24.4. The Morgan fingerprint density at radius 2 is 1.82 bits per heavy atom. The Hall–Kier alpha value is -1.37. The number of halogens is 1. The number of nitrogens with one attached hydrogen (secondary N) is 1. The molecule has 0 aliphatic rings. The number of carbonyl (C=O) groups is 1. The molecule has 0 aromatic heterocycles. The fraction of sp³-hybridized carbons (Fsp3) is 0.458. The van der Waals surface area contributed by atoms with Gasteiger partial charge >= 0.3 is 148 Å². The minimum atomic E-state index is -3.74. The Morgan fingerprint density at radius 1 is 1.15 bits per heavy atom. The number of sulfonamides is 1. The van der Waals surface area contributed by atoms with E-state index in [-0.39, 0.29) is 23.3 Å². The van der Waals surface area contributed by atoms with Crippen molar-refractivity contribution in [2.45, 2.75) is 50.5 Å². The van der Waals surface area contributed by atoms with Gasteiger partial charge in [0.15, 0.2) is 0 Å². The fourth-order valence-corrected chi connectivity index (χ4v) is 5.95. The normalized spacial score (nSPS) is 12.8. The number of benzene rings is 2. The molecule has 9 heteroatoms. The predicted octanol–water partition coefficient (Wildman–Crippen LogP) is 2.14. The summed E-state index contributed by atoms with van der Waals surface area (Å²) in [6.07, 6.45) is 1.89. The summed E-state index contributed by atoms with van der Waals surface area (Å²) in [5, 5.41) is 13.5. The maximum absolute atomic E-state index is 13.3. The van der Waals surface area contributed by atoms with E-state index >= 15 is 0 Å². The Balaban J connectivity index is 1.93. The first-order valence-corrected chi connectivity index (χ1v) is 14.2. The zero-order valence-electron chi connectivity index (χ0n) is 19.2. The van der Waals surface area contributed by atoms with Crippen molar-refractivity contribution in [2.24, 2.45) is 5.92 Å². The van der Waals surface area contributed by atoms with Gasteiger partial charge in [0.25, 0.3) is 0 Å². The summed E-state index contributed by atoms with van der Waals surface area (Å²) < 4.78 is 29.1. The summed E-state index contributed by atoms with van der Waals surface area (Å²) in [6, 6.07) is 13.7. The second-order valence-corrected chi connectivity index (χ2v) is 12.2. The van der Waals surface area contributed by atoms with Gasteiger partial charge in [-0.2, -0.15) is 0 Å². The summed E-state index contributed by atoms with van der Waals surface area (Å²) in [5.74, 6) is 0.0236. The number of hydrogen-bond donors (Lipinski definition) is 2. The van der Waals surface area contributed by atoms with E-state index in [0.717, 1.165) is 9.91 Å². The quantitative estimate of drug-likeness (QED) is 0.292. The predicted molar refractivity (Wildman–Crippen MR) is 136 cm³/mol. The van der Waals surface area contributed by atoms with Crippen LogP contribution in [0.25, 0.3) is 0 Å². The third kappa shape index (κ3) is 8.73. The van der Waals surface area contributed by atoms with Crippen molar-refractivity contribution in [1.29, 1.82) is 0 Å². The molecule has 2 aromatic rings. The van der Waals surface area contributed by atoms with Gasteiger partial charge in [-0.05, 0) is 18.1 Å². The zero-order valence-corrected chi connectivity index (χ0v) is 23.2. The number of hydrogen-bond acceptors (Lipinski definition) is 4. The Morgan fingerprint density at radius 3 is 2.42 bits per heavy atom. The average molecular weight is 557 g/mol. The van der Waals surface area contributed by atoms with Crippen molar-refractivity contribution < 1.29 is 18.3 Å². The number of carbonyl (C=O) groups excluding carboxylic acids is 1. The SMILES string of the molecule is CC(C)CN(C(CO)CCCNC(=O)CCc1ccccc1Cl)S(=O)(=O)c1ccc([AsH2])cc1. The van der Waals surface area contributed by atoms with Crippen LogP contribution in [0.5, 0.6) is 0 Å². The van der Waals surface area contributed by atoms with Crippen LogP contribution in [0.3, 0.4) is 0 Å². The van der Waals surface area contributed by atoms with Crippen LogP contribution in [0.1, 0.15) is 38.7 Å². The Kier molecular flexibility index (Phi) is 11.4. The molecular weight excluding hydrogens is 523 g/mol. The molecule has 0 fully saturated rings. The molecule has 182 valence electrons. The van der Waals surface area contributed by atoms with Crippen molar-refractivity contribution in [3.63, 3.8) is 0 Å². The Bertz CT molecular complexity index is 1000. The molecule has 0 aliphatic heterocycles. The molecular formula is C24H34AsClN2O4S. The molecule has 2 N–H and O–H groups in total. The van der Waals surface area contributed by atoms with Gasteiger partial charge < -0.3 is 0 Å². The van der Waals surface area contributed by atoms with Crippen LogP contribution in [0.2, 0.25) is 5.02 Å². The van der Waals surface area contributed by atoms with E-state index in [2.05, 4.69) is 5.32 Å². The van der Waals surface area contributed by atoms with E-state index < -0.39 is 16.1 Å². The Labute approximate surface area is 211 Å². The molecule has 2 rings (SSSR count). The maximum atomic E-state index is 13.3. The molecule has 1 amide bonds. The van der Waals surface area contributed by atoms with E-state index in [4.69, 9.17) is 11.6 Å². The van der Waals surface area contributed by atoms with Crippen molar-refractivity contribution >= 4 is 48.7 Å². The molecule has 0 heterocycles. The van der Waals surface area contributed by atoms with Gasteiger partial charge in [-0.15, -0.1) is 0 Å². The van der Waals surface area contributed by atoms with E-state index in [0.29, 0.717) is 43.8 Å². The topological polar surface area (TPSA) is 86.7 Å². The van der Waals surface area contributed by atoms with Gasteiger partial charge in [0, 0.05) is 11.4 Å². The average Bonchev–Trinajstić information content (AvgIpc) is 2.77. The first-order chi connectivity index (χ1) is 15.6. The van der Waals surface area contributed by atoms with E-state index in [9.17, 15) is 18.3 Å². The molecule has 0 aliphatic carbocycles. The monoisotopic (exact) mass is 556 g/mol. The van der Waals surface area contributed by atoms with Crippen LogP contribution in [0.15, 0.2) is 53.4 Å². The molecule has 0 radical (unpaired) electrons. The molecule has 33 heavy (non-hydrogen) atoms. The minimum absolute atomic E-state index is 0.0802. The van der Waals surface area contributed by atoms with E-state index in [1.807, 2.05) is 32.0 Å². The van der Waals surface area contributed by atoms with Gasteiger partial charge in [0.2, 0.25) is 0 Å². The molecule has 6 nitrogen and oxygen atoms in total. The summed E-state index contributed by atoms with van der Waals surface area (Å²) in [6.45, 7) is 4.36. The van der Waals surface area contributed by atoms with Crippen LogP contribution in [-0.2, 0) is 21.2 Å². The molecule has 2 atom stereocenters. The van der Waals surface area contributed by atoms with Crippen molar-refractivity contribution in [3.8, 4) is 0 Å². The number of aliphatic hydroxyl groups excluding tert-OH is 1. The number of aliphatic hydroxyl groups is 1. The van der Waals surface area contributed by atoms with Gasteiger partial charge in [-0.1, -0.05) is 29.8 Å². The molecule has 0 bridgehead atoms. The molecule has 2 aromatic carbocycles. The summed E-state index contributed by atoms with van der Waals surface area (Å²) >= 11 is 7.56. The van der Waals surface area contributed by atoms with Gasteiger partial charge in [-0.3, -0.25) is 4.79 Å². The molecule has 0 saturated carbocycles. The van der Waals surface area contributed by atoms with E-state index in [1.165, 1.54) is 21.2 Å². The second kappa shape index (κ2) is 13.5. The van der Waals surface area contributed by atoms with Crippen molar-refractivity contribution in [1.82, 2.24) is 9.62 Å². The number of aryl methyl sites for hydroxylation is 1.